The molecule has 27 heavy (non-hydrogen) atoms. The molecule has 3 heterocycles. The lowest BCUT2D eigenvalue weighted by Gasteiger charge is -2.32. The van der Waals surface area contributed by atoms with Gasteiger partial charge in [0.2, 0.25) is 0 Å². The third-order valence-electron chi connectivity index (χ3n) is 4.23. The summed E-state index contributed by atoms with van der Waals surface area (Å²) in [6, 6.07) is 14.6. The zero-order chi connectivity index (χ0) is 19.6. The molecule has 0 amide bonds. The Morgan fingerprint density at radius 2 is 1.78 bits per heavy atom. The Kier molecular flexibility index (Phi) is 7.89. The first-order chi connectivity index (χ1) is 13.3. The molecule has 1 aliphatic rings. The van der Waals surface area contributed by atoms with Crippen LogP contribution >= 0.6 is 0 Å². The highest BCUT2D eigenvalue weighted by Crippen LogP contribution is 2.30. The van der Waals surface area contributed by atoms with Gasteiger partial charge in [0.05, 0.1) is 0 Å². The van der Waals surface area contributed by atoms with E-state index in [9.17, 15) is 0 Å². The zero-order valence-corrected chi connectivity index (χ0v) is 16.5. The normalized spacial score (nSPS) is 16.0. The first kappa shape index (κ1) is 20.5. The molecule has 142 valence electrons. The van der Waals surface area contributed by atoms with Gasteiger partial charge in [-0.15, -0.1) is 23.4 Å². The topological polar surface area (TPSA) is 53.9 Å². The molecule has 3 aromatic rings. The van der Waals surface area contributed by atoms with Gasteiger partial charge in [0, 0.05) is 42.8 Å². The molecule has 1 aliphatic heterocycles. The van der Waals surface area contributed by atoms with Gasteiger partial charge >= 0.3 is 0 Å². The van der Waals surface area contributed by atoms with Crippen LogP contribution in [0, 0.1) is 0 Å². The zero-order valence-electron chi connectivity index (χ0n) is 16.5. The lowest BCUT2D eigenvalue weighted by Crippen LogP contribution is -2.49. The van der Waals surface area contributed by atoms with Crippen LogP contribution in [0.5, 0.6) is 0 Å². The molecule has 0 saturated carbocycles. The number of pyridine rings is 1. The summed E-state index contributed by atoms with van der Waals surface area (Å²) < 4.78 is 0. The van der Waals surface area contributed by atoms with Crippen LogP contribution in [-0.4, -0.2) is 40.9 Å². The van der Waals surface area contributed by atoms with Crippen LogP contribution in [0.1, 0.15) is 20.8 Å². The standard InChI is InChI=1S/C18H19N5.C2H6.C2H4/c1-13-12-23(11-10-19-13)18-17-15(8-5-9-20-17)16(21-22-18)14-6-3-2-4-7-14;2*1-2/h2-9,13,19H,10-12H2,1H3;1-2H3;1-2H2/t13-;;/m0../s1. The second-order valence-corrected chi connectivity index (χ2v) is 5.94. The van der Waals surface area contributed by atoms with E-state index in [2.05, 4.69) is 63.7 Å². The predicted octanol–water partition coefficient (Wildman–Crippen LogP) is 4.32. The average molecular weight is 364 g/mol. The summed E-state index contributed by atoms with van der Waals surface area (Å²) in [5.41, 5.74) is 2.88. The molecule has 1 aromatic carbocycles. The van der Waals surface area contributed by atoms with Crippen LogP contribution in [0.3, 0.4) is 0 Å². The molecule has 0 unspecified atom stereocenters. The molecule has 0 aliphatic carbocycles. The van der Waals surface area contributed by atoms with E-state index in [-0.39, 0.29) is 0 Å². The molecule has 1 saturated heterocycles. The van der Waals surface area contributed by atoms with Gasteiger partial charge in [-0.2, -0.15) is 0 Å². The fourth-order valence-corrected chi connectivity index (χ4v) is 3.12. The third kappa shape index (κ3) is 4.68. The minimum absolute atomic E-state index is 0.443. The molecule has 2 aromatic heterocycles. The van der Waals surface area contributed by atoms with E-state index in [4.69, 9.17) is 0 Å². The second kappa shape index (κ2) is 10.4. The molecule has 1 atom stereocenters. The average Bonchev–Trinajstić information content (AvgIpc) is 2.76. The van der Waals surface area contributed by atoms with Crippen molar-refractivity contribution in [2.24, 2.45) is 0 Å². The molecule has 0 spiro atoms. The monoisotopic (exact) mass is 363 g/mol. The summed E-state index contributed by atoms with van der Waals surface area (Å²) in [4.78, 5) is 6.88. The van der Waals surface area contributed by atoms with Crippen molar-refractivity contribution in [3.8, 4) is 11.3 Å². The van der Waals surface area contributed by atoms with Gasteiger partial charge in [-0.05, 0) is 19.1 Å². The molecule has 5 heteroatoms. The number of aromatic nitrogens is 3. The second-order valence-electron chi connectivity index (χ2n) is 5.94. The van der Waals surface area contributed by atoms with Crippen LogP contribution in [0.4, 0.5) is 5.82 Å². The number of piperazine rings is 1. The maximum absolute atomic E-state index is 4.60. The first-order valence-corrected chi connectivity index (χ1v) is 9.48. The van der Waals surface area contributed by atoms with Crippen LogP contribution in [0.2, 0.25) is 0 Å². The molecule has 4 rings (SSSR count). The van der Waals surface area contributed by atoms with E-state index < -0.39 is 0 Å². The maximum Gasteiger partial charge on any atom is 0.177 e. The number of nitrogens with zero attached hydrogens (tertiary/aromatic N) is 4. The number of rotatable bonds is 2. The van der Waals surface area contributed by atoms with Crippen molar-refractivity contribution in [2.45, 2.75) is 26.8 Å². The van der Waals surface area contributed by atoms with E-state index in [0.29, 0.717) is 6.04 Å². The van der Waals surface area contributed by atoms with Gasteiger partial charge in [-0.3, -0.25) is 4.98 Å². The highest BCUT2D eigenvalue weighted by atomic mass is 15.3. The summed E-state index contributed by atoms with van der Waals surface area (Å²) in [6.45, 7) is 15.0. The van der Waals surface area contributed by atoms with Crippen LogP contribution in [0.25, 0.3) is 22.2 Å². The minimum atomic E-state index is 0.443. The van der Waals surface area contributed by atoms with Gasteiger partial charge in [0.1, 0.15) is 11.2 Å². The van der Waals surface area contributed by atoms with Crippen molar-refractivity contribution in [1.29, 1.82) is 0 Å². The molecule has 5 nitrogen and oxygen atoms in total. The number of hydrogen-bond donors (Lipinski definition) is 1. The molecule has 0 radical (unpaired) electrons. The van der Waals surface area contributed by atoms with Gasteiger partial charge in [-0.1, -0.05) is 44.2 Å². The Morgan fingerprint density at radius 3 is 2.48 bits per heavy atom. The Bertz CT molecular complexity index is 834. The Morgan fingerprint density at radius 1 is 1.04 bits per heavy atom. The highest BCUT2D eigenvalue weighted by Gasteiger charge is 2.21. The minimum Gasteiger partial charge on any atom is -0.350 e. The van der Waals surface area contributed by atoms with Crippen LogP contribution in [-0.2, 0) is 0 Å². The fourth-order valence-electron chi connectivity index (χ4n) is 3.12. The van der Waals surface area contributed by atoms with Gasteiger partial charge in [0.25, 0.3) is 0 Å². The number of benzene rings is 1. The smallest absolute Gasteiger partial charge is 0.177 e. The molecule has 0 bridgehead atoms. The molecular formula is C22H29N5. The Labute approximate surface area is 162 Å². The summed E-state index contributed by atoms with van der Waals surface area (Å²) >= 11 is 0. The third-order valence-corrected chi connectivity index (χ3v) is 4.23. The molecule has 1 N–H and O–H groups in total. The summed E-state index contributed by atoms with van der Waals surface area (Å²) in [5.74, 6) is 0.883. The summed E-state index contributed by atoms with van der Waals surface area (Å²) in [5, 5.41) is 13.6. The van der Waals surface area contributed by atoms with Crippen molar-refractivity contribution in [3.63, 3.8) is 0 Å². The largest absolute Gasteiger partial charge is 0.350 e. The van der Waals surface area contributed by atoms with Crippen molar-refractivity contribution >= 4 is 16.7 Å². The van der Waals surface area contributed by atoms with Gasteiger partial charge in [-0.25, -0.2) is 0 Å². The summed E-state index contributed by atoms with van der Waals surface area (Å²) in [7, 11) is 0. The van der Waals surface area contributed by atoms with Gasteiger partial charge < -0.3 is 10.2 Å². The van der Waals surface area contributed by atoms with Crippen molar-refractivity contribution in [3.05, 3.63) is 61.8 Å². The van der Waals surface area contributed by atoms with Gasteiger partial charge in [0.15, 0.2) is 5.82 Å². The van der Waals surface area contributed by atoms with Crippen molar-refractivity contribution in [1.82, 2.24) is 20.5 Å². The summed E-state index contributed by atoms with van der Waals surface area (Å²) in [6.07, 6.45) is 1.83. The van der Waals surface area contributed by atoms with E-state index in [1.165, 1.54) is 0 Å². The van der Waals surface area contributed by atoms with Crippen molar-refractivity contribution < 1.29 is 0 Å². The number of hydrogen-bond acceptors (Lipinski definition) is 5. The Balaban J connectivity index is 0.000000614. The SMILES string of the molecule is C=C.CC.C[C@H]1CN(c2nnc(-c3ccccc3)c3cccnc23)CCN1. The lowest BCUT2D eigenvalue weighted by molar-refractivity contribution is 0.482. The van der Waals surface area contributed by atoms with E-state index in [0.717, 1.165) is 47.6 Å². The predicted molar refractivity (Wildman–Crippen MR) is 115 cm³/mol. The number of nitrogens with one attached hydrogen (secondary N) is 1. The van der Waals surface area contributed by atoms with E-state index in [1.807, 2.05) is 44.3 Å². The maximum atomic E-state index is 4.60. The Hall–Kier alpha value is -2.79. The van der Waals surface area contributed by atoms with Crippen molar-refractivity contribution in [2.75, 3.05) is 24.5 Å². The quantitative estimate of drug-likeness (QED) is 0.687. The molecular weight excluding hydrogens is 334 g/mol. The van der Waals surface area contributed by atoms with Crippen LogP contribution < -0.4 is 10.2 Å². The lowest BCUT2D eigenvalue weighted by atomic mass is 10.1. The number of anilines is 1. The van der Waals surface area contributed by atoms with E-state index in [1.54, 1.807) is 0 Å². The van der Waals surface area contributed by atoms with Crippen LogP contribution in [0.15, 0.2) is 61.8 Å². The fraction of sp³-hybridized carbons (Fsp3) is 0.318. The van der Waals surface area contributed by atoms with E-state index >= 15 is 0 Å². The molecule has 1 fully saturated rings. The first-order valence-electron chi connectivity index (χ1n) is 9.48. The highest BCUT2D eigenvalue weighted by molar-refractivity contribution is 5.97. The number of fused-ring (bicyclic) bond motifs is 1.